The van der Waals surface area contributed by atoms with Crippen LogP contribution in [0.3, 0.4) is 0 Å². The fraction of sp³-hybridized carbons (Fsp3) is 0.471. The van der Waals surface area contributed by atoms with Crippen LogP contribution in [-0.4, -0.2) is 162 Å². The van der Waals surface area contributed by atoms with Crippen molar-refractivity contribution in [3.63, 3.8) is 0 Å². The van der Waals surface area contributed by atoms with Gasteiger partial charge in [-0.3, -0.25) is 19.2 Å². The zero-order valence-electron chi connectivity index (χ0n) is 29.4. The van der Waals surface area contributed by atoms with Crippen molar-refractivity contribution in [2.45, 2.75) is 80.4 Å². The van der Waals surface area contributed by atoms with E-state index in [9.17, 15) is 65.1 Å². The summed E-state index contributed by atoms with van der Waals surface area (Å²) in [6.45, 7) is -1.53. The Hall–Kier alpha value is -5.66. The van der Waals surface area contributed by atoms with E-state index in [0.29, 0.717) is 0 Å². The van der Waals surface area contributed by atoms with Gasteiger partial charge in [-0.25, -0.2) is 0 Å². The van der Waals surface area contributed by atoms with Gasteiger partial charge in [-0.15, -0.1) is 0 Å². The van der Waals surface area contributed by atoms with Crippen molar-refractivity contribution in [3.05, 3.63) is 41.2 Å². The molecule has 2 aromatic carbocycles. The zero-order valence-corrected chi connectivity index (χ0v) is 29.4. The van der Waals surface area contributed by atoms with E-state index in [0.717, 1.165) is 18.2 Å². The first-order valence-electron chi connectivity index (χ1n) is 16.7. The summed E-state index contributed by atoms with van der Waals surface area (Å²) in [6.07, 6.45) is -20.6. The van der Waals surface area contributed by atoms with Crippen LogP contribution in [0.15, 0.2) is 30.0 Å². The molecule has 0 spiro atoms. The Kier molecular flexibility index (Phi) is 13.2. The molecule has 2 fully saturated rings. The van der Waals surface area contributed by atoms with Crippen molar-refractivity contribution in [3.8, 4) is 34.5 Å². The molecule has 57 heavy (non-hydrogen) atoms. The Morgan fingerprint density at radius 1 is 0.667 bits per heavy atom. The Balaban J connectivity index is 1.44. The van der Waals surface area contributed by atoms with Crippen LogP contribution in [0.1, 0.15) is 30.1 Å². The number of methoxy groups -OCH3 is 1. The number of esters is 2. The molecule has 0 aliphatic carbocycles. The first-order chi connectivity index (χ1) is 26.9. The number of carboxylic acids is 2. The van der Waals surface area contributed by atoms with E-state index in [1.54, 1.807) is 0 Å². The molecule has 11 N–H and O–H groups in total. The number of carboxylic acid groups (broad SMARTS) is 2. The van der Waals surface area contributed by atoms with Gasteiger partial charge < -0.3 is 94.1 Å². The lowest BCUT2D eigenvalue weighted by Crippen LogP contribution is -2.60. The molecular formula is C34H38O23. The van der Waals surface area contributed by atoms with E-state index in [-0.39, 0.29) is 34.1 Å². The molecule has 0 aromatic heterocycles. The van der Waals surface area contributed by atoms with Gasteiger partial charge in [-0.2, -0.15) is 0 Å². The van der Waals surface area contributed by atoms with E-state index in [1.165, 1.54) is 19.3 Å². The summed E-state index contributed by atoms with van der Waals surface area (Å²) in [4.78, 5) is 45.1. The maximum absolute atomic E-state index is 11.8. The first kappa shape index (κ1) is 42.5. The number of phenolic OH excluding ortho intramolecular Hbond substituents is 3. The van der Waals surface area contributed by atoms with Gasteiger partial charge in [0.25, 0.3) is 0 Å². The van der Waals surface area contributed by atoms with Crippen LogP contribution in [0.4, 0.5) is 0 Å². The highest BCUT2D eigenvalue weighted by Gasteiger charge is 2.48. The summed E-state index contributed by atoms with van der Waals surface area (Å²) in [5.74, 6) is -8.36. The van der Waals surface area contributed by atoms with E-state index in [4.69, 9.17) is 48.1 Å². The van der Waals surface area contributed by atoms with Gasteiger partial charge in [0.1, 0.15) is 97.9 Å². The minimum atomic E-state index is -1.98. The maximum Gasteiger partial charge on any atom is 0.317 e. The number of carbonyl (C=O) groups is 4. The fourth-order valence-electron chi connectivity index (χ4n) is 5.82. The molecule has 5 rings (SSSR count). The van der Waals surface area contributed by atoms with Crippen molar-refractivity contribution >= 4 is 30.0 Å². The summed E-state index contributed by atoms with van der Waals surface area (Å²) in [5.41, 5.74) is -0.129. The molecule has 0 radical (unpaired) electrons. The van der Waals surface area contributed by atoms with Crippen LogP contribution in [0.25, 0.3) is 6.08 Å². The van der Waals surface area contributed by atoms with Crippen molar-refractivity contribution in [2.75, 3.05) is 20.3 Å². The SMILES string of the molecule is COc1cc(C2Oc3cc(O[C@@H]4O[C@@H](COC(=O)CC(=O)O)[C@H](O)[C@H](O)[C@H]4O)cc(O)c3C=C2O[C@@H]2O[C@H](COC(=O)CC(=O)O)[C@H](O)[C@H](O)[C@H]2O)cc(O)c1O. The van der Waals surface area contributed by atoms with E-state index < -0.39 is 135 Å². The summed E-state index contributed by atoms with van der Waals surface area (Å²) in [7, 11) is 1.18. The highest BCUT2D eigenvalue weighted by Crippen LogP contribution is 2.47. The molecule has 2 aromatic rings. The average molecular weight is 815 g/mol. The van der Waals surface area contributed by atoms with Crippen molar-refractivity contribution in [1.29, 1.82) is 0 Å². The lowest BCUT2D eigenvalue weighted by molar-refractivity contribution is -0.294. The molecular weight excluding hydrogens is 776 g/mol. The normalized spacial score (nSPS) is 29.5. The van der Waals surface area contributed by atoms with Crippen LogP contribution >= 0.6 is 0 Å². The third kappa shape index (κ3) is 9.66. The summed E-state index contributed by atoms with van der Waals surface area (Å²) >= 11 is 0. The number of aliphatic hydroxyl groups excluding tert-OH is 6. The second kappa shape index (κ2) is 17.6. The number of hydrogen-bond donors (Lipinski definition) is 11. The molecule has 3 heterocycles. The monoisotopic (exact) mass is 814 g/mol. The third-order valence-electron chi connectivity index (χ3n) is 8.73. The van der Waals surface area contributed by atoms with Gasteiger partial charge >= 0.3 is 23.9 Å². The second-order valence-electron chi connectivity index (χ2n) is 12.8. The summed E-state index contributed by atoms with van der Waals surface area (Å²) < 4.78 is 43.5. The van der Waals surface area contributed by atoms with Crippen LogP contribution in [0.5, 0.6) is 34.5 Å². The van der Waals surface area contributed by atoms with Gasteiger partial charge in [0.05, 0.1) is 12.7 Å². The van der Waals surface area contributed by atoms with Crippen molar-refractivity contribution < 1.29 is 113 Å². The minimum absolute atomic E-state index is 0.00155. The number of fused-ring (bicyclic) bond motifs is 1. The zero-order chi connectivity index (χ0) is 41.9. The quantitative estimate of drug-likeness (QED) is 0.0526. The van der Waals surface area contributed by atoms with Gasteiger partial charge in [-0.1, -0.05) is 0 Å². The number of ether oxygens (including phenoxy) is 8. The smallest absolute Gasteiger partial charge is 0.317 e. The summed E-state index contributed by atoms with van der Waals surface area (Å²) in [6, 6.07) is 4.41. The molecule has 23 nitrogen and oxygen atoms in total. The van der Waals surface area contributed by atoms with Crippen molar-refractivity contribution in [2.24, 2.45) is 0 Å². The van der Waals surface area contributed by atoms with Gasteiger partial charge in [0, 0.05) is 17.7 Å². The third-order valence-corrected chi connectivity index (χ3v) is 8.73. The number of carbonyl (C=O) groups excluding carboxylic acids is 2. The number of rotatable bonds is 14. The molecule has 3 aliphatic rings. The van der Waals surface area contributed by atoms with Crippen molar-refractivity contribution in [1.82, 2.24) is 0 Å². The molecule has 0 amide bonds. The topological polar surface area (TPSA) is 365 Å². The highest BCUT2D eigenvalue weighted by atomic mass is 16.7. The summed E-state index contributed by atoms with van der Waals surface area (Å²) in [5, 5.41) is 113. The second-order valence-corrected chi connectivity index (χ2v) is 12.8. The number of phenols is 3. The minimum Gasteiger partial charge on any atom is -0.507 e. The lowest BCUT2D eigenvalue weighted by Gasteiger charge is -2.41. The maximum atomic E-state index is 11.8. The standard InChI is InChI=1S/C34H38O23/c1-50-17-3-11(2-15(36)25(17)43)32-18(55-34-31(49)29(47)27(45)20(57-34)10-52-24(42)8-22(39)40)6-13-14(35)4-12(5-16(13)54-32)53-33-30(48)28(46)26(44)19(56-33)9-51-23(41)7-21(37)38/h2-6,19-20,26-36,43-49H,7-10H2,1H3,(H,37,38)(H,39,40)/t19-,20+,26-,27-,28-,29-,30+,31+,32?,33+,34+/m0/s1. The number of benzene rings is 2. The Bertz CT molecular complexity index is 1860. The van der Waals surface area contributed by atoms with Crippen LogP contribution in [0, 0.1) is 0 Å². The lowest BCUT2D eigenvalue weighted by atomic mass is 9.98. The van der Waals surface area contributed by atoms with E-state index in [2.05, 4.69) is 0 Å². The largest absolute Gasteiger partial charge is 0.507 e. The van der Waals surface area contributed by atoms with Gasteiger partial charge in [0.2, 0.25) is 18.3 Å². The molecule has 0 saturated carbocycles. The predicted molar refractivity (Wildman–Crippen MR) is 177 cm³/mol. The molecule has 312 valence electrons. The molecule has 0 bridgehead atoms. The Labute approximate surface area is 319 Å². The molecule has 3 aliphatic heterocycles. The number of aliphatic carboxylic acids is 2. The fourth-order valence-corrected chi connectivity index (χ4v) is 5.82. The van der Waals surface area contributed by atoms with E-state index >= 15 is 0 Å². The van der Waals surface area contributed by atoms with Crippen LogP contribution in [-0.2, 0) is 42.9 Å². The van der Waals surface area contributed by atoms with Crippen LogP contribution in [0.2, 0.25) is 0 Å². The van der Waals surface area contributed by atoms with Crippen LogP contribution < -0.4 is 14.2 Å². The number of aliphatic hydroxyl groups is 6. The Morgan fingerprint density at radius 2 is 1.19 bits per heavy atom. The van der Waals surface area contributed by atoms with Gasteiger partial charge in [0.15, 0.2) is 17.6 Å². The molecule has 11 atom stereocenters. The molecule has 2 saturated heterocycles. The Morgan fingerprint density at radius 3 is 1.70 bits per heavy atom. The molecule has 1 unspecified atom stereocenters. The van der Waals surface area contributed by atoms with Gasteiger partial charge in [-0.05, 0) is 18.2 Å². The highest BCUT2D eigenvalue weighted by molar-refractivity contribution is 5.90. The molecule has 23 heteroatoms. The number of hydrogen-bond acceptors (Lipinski definition) is 21. The van der Waals surface area contributed by atoms with E-state index in [1.807, 2.05) is 0 Å². The number of aromatic hydroxyl groups is 3. The first-order valence-corrected chi connectivity index (χ1v) is 16.7. The average Bonchev–Trinajstić information content (AvgIpc) is 3.14. The predicted octanol–water partition coefficient (Wildman–Crippen LogP) is -2.67.